The number of aryl methyl sites for hydroxylation is 1. The molecule has 2 aromatic heterocycles. The summed E-state index contributed by atoms with van der Waals surface area (Å²) in [5, 5.41) is 0.716. The number of nitrogens with zero attached hydrogens (tertiary/aromatic N) is 3. The normalized spacial score (nSPS) is 14.7. The van der Waals surface area contributed by atoms with Crippen LogP contribution in [0.1, 0.15) is 11.8 Å². The second kappa shape index (κ2) is 8.64. The summed E-state index contributed by atoms with van der Waals surface area (Å²) >= 11 is 1.63. The minimum absolute atomic E-state index is 0.0129. The van der Waals surface area contributed by atoms with Crippen molar-refractivity contribution in [3.8, 4) is 16.9 Å². The molecule has 7 nitrogen and oxygen atoms in total. The summed E-state index contributed by atoms with van der Waals surface area (Å²) in [6, 6.07) is 9.83. The van der Waals surface area contributed by atoms with Crippen LogP contribution >= 0.6 is 11.3 Å². The highest BCUT2D eigenvalue weighted by Gasteiger charge is 2.24. The fourth-order valence-corrected chi connectivity index (χ4v) is 5.15. The Balaban J connectivity index is 1.61. The third kappa shape index (κ3) is 4.26. The van der Waals surface area contributed by atoms with E-state index in [9.17, 15) is 14.4 Å². The van der Waals surface area contributed by atoms with Gasteiger partial charge in [0.05, 0.1) is 12.5 Å². The average Bonchev–Trinajstić information content (AvgIpc) is 3.20. The molecule has 31 heavy (non-hydrogen) atoms. The zero-order valence-corrected chi connectivity index (χ0v) is 18.7. The van der Waals surface area contributed by atoms with Crippen molar-refractivity contribution in [2.24, 2.45) is 7.05 Å². The second-order valence-electron chi connectivity index (χ2n) is 7.77. The van der Waals surface area contributed by atoms with Crippen molar-refractivity contribution in [1.82, 2.24) is 14.4 Å². The summed E-state index contributed by atoms with van der Waals surface area (Å²) in [7, 11) is 3.41. The molecule has 0 radical (unpaired) electrons. The molecule has 1 fully saturated rings. The van der Waals surface area contributed by atoms with Crippen LogP contribution < -0.4 is 10.3 Å². The highest BCUT2D eigenvalue weighted by atomic mass is 32.1. The number of carbonyl (C=O) groups excluding carboxylic acids is 2. The molecule has 1 aliphatic heterocycles. The molecule has 0 atom stereocenters. The number of fused-ring (bicyclic) bond motifs is 1. The summed E-state index contributed by atoms with van der Waals surface area (Å²) in [6.07, 6.45) is 1.88. The van der Waals surface area contributed by atoms with Gasteiger partial charge in [0.15, 0.2) is 0 Å². The van der Waals surface area contributed by atoms with Gasteiger partial charge in [-0.2, -0.15) is 0 Å². The van der Waals surface area contributed by atoms with Crippen LogP contribution in [0.15, 0.2) is 41.3 Å². The van der Waals surface area contributed by atoms with Crippen molar-refractivity contribution in [2.45, 2.75) is 13.5 Å². The van der Waals surface area contributed by atoms with Gasteiger partial charge < -0.3 is 14.2 Å². The van der Waals surface area contributed by atoms with E-state index in [4.69, 9.17) is 4.74 Å². The molecule has 162 valence electrons. The van der Waals surface area contributed by atoms with Crippen molar-refractivity contribution in [1.29, 1.82) is 0 Å². The Hall–Kier alpha value is -2.97. The largest absolute Gasteiger partial charge is 0.497 e. The third-order valence-corrected chi connectivity index (χ3v) is 6.78. The van der Waals surface area contributed by atoms with E-state index < -0.39 is 11.7 Å². The fraction of sp³-hybridized carbons (Fsp3) is 0.348. The molecule has 1 aromatic carbocycles. The number of amides is 1. The quantitative estimate of drug-likeness (QED) is 0.572. The number of aromatic nitrogens is 1. The topological polar surface area (TPSA) is 71.8 Å². The fourth-order valence-electron chi connectivity index (χ4n) is 3.93. The Morgan fingerprint density at radius 2 is 1.87 bits per heavy atom. The van der Waals surface area contributed by atoms with E-state index in [1.807, 2.05) is 36.5 Å². The Morgan fingerprint density at radius 1 is 1.13 bits per heavy atom. The molecule has 4 rings (SSSR count). The molecule has 0 saturated carbocycles. The van der Waals surface area contributed by atoms with E-state index in [1.54, 1.807) is 35.0 Å². The number of benzene rings is 1. The standard InChI is InChI=1S/C23H25N3O4S/c1-15(27)22(28)26-9-7-25(8-10-26)13-18-12-19-21(31-18)20(14-24(2)23(19)29)16-5-4-6-17(11-16)30-3/h4-6,11-12,14H,7-10,13H2,1-3H3. The number of carbonyl (C=O) groups is 2. The van der Waals surface area contributed by atoms with Crippen LogP contribution in [0.2, 0.25) is 0 Å². The molecule has 0 spiro atoms. The van der Waals surface area contributed by atoms with Gasteiger partial charge in [0, 0.05) is 68.0 Å². The summed E-state index contributed by atoms with van der Waals surface area (Å²) in [5.41, 5.74) is 2.00. The number of ether oxygens (including phenoxy) is 1. The van der Waals surface area contributed by atoms with Gasteiger partial charge in [-0.1, -0.05) is 12.1 Å². The Labute approximate surface area is 184 Å². The first-order valence-electron chi connectivity index (χ1n) is 10.2. The summed E-state index contributed by atoms with van der Waals surface area (Å²) in [4.78, 5) is 41.0. The highest BCUT2D eigenvalue weighted by Crippen LogP contribution is 2.35. The van der Waals surface area contributed by atoms with E-state index in [2.05, 4.69) is 4.90 Å². The number of Topliss-reactive ketones (excluding diaryl/α,β-unsaturated/α-hetero) is 1. The SMILES string of the molecule is COc1cccc(-c2cn(C)c(=O)c3cc(CN4CCN(C(=O)C(C)=O)CC4)sc23)c1. The van der Waals surface area contributed by atoms with Crippen molar-refractivity contribution >= 4 is 33.1 Å². The van der Waals surface area contributed by atoms with E-state index in [-0.39, 0.29) is 5.56 Å². The maximum Gasteiger partial charge on any atom is 0.289 e. The molecule has 1 saturated heterocycles. The predicted molar refractivity (Wildman–Crippen MR) is 122 cm³/mol. The zero-order valence-electron chi connectivity index (χ0n) is 17.9. The number of methoxy groups -OCH3 is 1. The van der Waals surface area contributed by atoms with Crippen LogP contribution in [-0.2, 0) is 23.2 Å². The Kier molecular flexibility index (Phi) is 5.93. The number of rotatable bonds is 5. The average molecular weight is 440 g/mol. The first-order chi connectivity index (χ1) is 14.9. The summed E-state index contributed by atoms with van der Waals surface area (Å²) in [6.45, 7) is 4.51. The van der Waals surface area contributed by atoms with Crippen molar-refractivity contribution in [3.63, 3.8) is 0 Å². The van der Waals surface area contributed by atoms with Crippen LogP contribution in [0.25, 0.3) is 21.2 Å². The van der Waals surface area contributed by atoms with Crippen molar-refractivity contribution in [2.75, 3.05) is 33.3 Å². The van der Waals surface area contributed by atoms with Gasteiger partial charge in [-0.15, -0.1) is 11.3 Å². The molecule has 0 N–H and O–H groups in total. The third-order valence-electron chi connectivity index (χ3n) is 5.62. The molecule has 0 bridgehead atoms. The van der Waals surface area contributed by atoms with Crippen molar-refractivity contribution in [3.05, 3.63) is 51.8 Å². The van der Waals surface area contributed by atoms with Crippen LogP contribution in [0.4, 0.5) is 0 Å². The van der Waals surface area contributed by atoms with Crippen molar-refractivity contribution < 1.29 is 14.3 Å². The smallest absolute Gasteiger partial charge is 0.289 e. The lowest BCUT2D eigenvalue weighted by Crippen LogP contribution is -2.49. The van der Waals surface area contributed by atoms with Gasteiger partial charge in [0.25, 0.3) is 11.5 Å². The van der Waals surface area contributed by atoms with Gasteiger partial charge >= 0.3 is 0 Å². The lowest BCUT2D eigenvalue weighted by molar-refractivity contribution is -0.144. The predicted octanol–water partition coefficient (Wildman–Crippen LogP) is 2.51. The molecular weight excluding hydrogens is 414 g/mol. The number of ketones is 1. The van der Waals surface area contributed by atoms with Crippen LogP contribution in [0.3, 0.4) is 0 Å². The lowest BCUT2D eigenvalue weighted by Gasteiger charge is -2.33. The summed E-state index contributed by atoms with van der Waals surface area (Å²) < 4.78 is 7.96. The molecule has 1 amide bonds. The number of thiophene rings is 1. The minimum atomic E-state index is -0.418. The first-order valence-corrected chi connectivity index (χ1v) is 11.0. The summed E-state index contributed by atoms with van der Waals surface area (Å²) in [5.74, 6) is -0.0546. The number of hydrogen-bond acceptors (Lipinski definition) is 6. The minimum Gasteiger partial charge on any atom is -0.497 e. The maximum absolute atomic E-state index is 12.8. The number of hydrogen-bond donors (Lipinski definition) is 0. The molecular formula is C23H25N3O4S. The first kappa shape index (κ1) is 21.3. The van der Waals surface area contributed by atoms with Gasteiger partial charge in [0.1, 0.15) is 5.75 Å². The molecule has 1 aliphatic rings. The maximum atomic E-state index is 12.8. The molecule has 0 unspecified atom stereocenters. The molecule has 3 aromatic rings. The Bertz CT molecular complexity index is 1210. The van der Waals surface area contributed by atoms with E-state index in [0.29, 0.717) is 38.1 Å². The van der Waals surface area contributed by atoms with Crippen LogP contribution in [-0.4, -0.2) is 59.3 Å². The lowest BCUT2D eigenvalue weighted by atomic mass is 10.1. The van der Waals surface area contributed by atoms with Crippen LogP contribution in [0, 0.1) is 0 Å². The van der Waals surface area contributed by atoms with Crippen LogP contribution in [0.5, 0.6) is 5.75 Å². The molecule has 0 aliphatic carbocycles. The molecule has 3 heterocycles. The second-order valence-corrected chi connectivity index (χ2v) is 8.91. The van der Waals surface area contributed by atoms with Gasteiger partial charge in [-0.05, 0) is 23.8 Å². The number of pyridine rings is 1. The number of piperazine rings is 1. The zero-order chi connectivity index (χ0) is 22.1. The monoisotopic (exact) mass is 439 g/mol. The van der Waals surface area contributed by atoms with E-state index >= 15 is 0 Å². The molecule has 8 heteroatoms. The van der Waals surface area contributed by atoms with Gasteiger partial charge in [-0.25, -0.2) is 0 Å². The van der Waals surface area contributed by atoms with Gasteiger partial charge in [-0.3, -0.25) is 19.3 Å². The Morgan fingerprint density at radius 3 is 2.55 bits per heavy atom. The highest BCUT2D eigenvalue weighted by molar-refractivity contribution is 7.19. The van der Waals surface area contributed by atoms with Gasteiger partial charge in [0.2, 0.25) is 5.78 Å². The van der Waals surface area contributed by atoms with E-state index in [0.717, 1.165) is 26.5 Å². The van der Waals surface area contributed by atoms with E-state index in [1.165, 1.54) is 6.92 Å².